The number of hydrogen-bond acceptors (Lipinski definition) is 5. The standard InChI is InChI=1S/C13H18N2O5/c1-5-6-20-12-10(14(16)17)7-9(13(2,3)4)8-11(12)15(18)19/h7-8H,5-6H2,1-4H3. The second-order valence-electron chi connectivity index (χ2n) is 5.46. The van der Waals surface area contributed by atoms with Gasteiger partial charge in [0.1, 0.15) is 0 Å². The van der Waals surface area contributed by atoms with Crippen molar-refractivity contribution in [2.45, 2.75) is 39.5 Å². The normalized spacial score (nSPS) is 11.2. The number of rotatable bonds is 5. The number of hydrogen-bond donors (Lipinski definition) is 0. The lowest BCUT2D eigenvalue weighted by Gasteiger charge is -2.19. The molecule has 0 aliphatic carbocycles. The summed E-state index contributed by atoms with van der Waals surface area (Å²) < 4.78 is 5.22. The molecule has 0 aliphatic heterocycles. The fourth-order valence-electron chi connectivity index (χ4n) is 1.65. The van der Waals surface area contributed by atoms with Crippen molar-refractivity contribution in [3.05, 3.63) is 37.9 Å². The van der Waals surface area contributed by atoms with Crippen LogP contribution in [0.2, 0.25) is 0 Å². The summed E-state index contributed by atoms with van der Waals surface area (Å²) in [5, 5.41) is 22.3. The molecule has 1 aromatic rings. The number of benzene rings is 1. The molecule has 0 amide bonds. The van der Waals surface area contributed by atoms with Gasteiger partial charge in [0.25, 0.3) is 5.75 Å². The molecule has 1 rings (SSSR count). The summed E-state index contributed by atoms with van der Waals surface area (Å²) in [5.74, 6) is -0.269. The average Bonchev–Trinajstić information content (AvgIpc) is 2.33. The third kappa shape index (κ3) is 3.43. The molecule has 0 aliphatic rings. The average molecular weight is 282 g/mol. The van der Waals surface area contributed by atoms with Gasteiger partial charge in [-0.3, -0.25) is 20.2 Å². The lowest BCUT2D eigenvalue weighted by Crippen LogP contribution is -2.13. The minimum atomic E-state index is -0.646. The quantitative estimate of drug-likeness (QED) is 0.607. The van der Waals surface area contributed by atoms with Crippen LogP contribution >= 0.6 is 0 Å². The summed E-state index contributed by atoms with van der Waals surface area (Å²) in [5.41, 5.74) is -0.631. The molecule has 0 atom stereocenters. The van der Waals surface area contributed by atoms with Crippen LogP contribution in [0.3, 0.4) is 0 Å². The van der Waals surface area contributed by atoms with Gasteiger partial charge in [0.15, 0.2) is 0 Å². The second-order valence-corrected chi connectivity index (χ2v) is 5.46. The maximum atomic E-state index is 11.1. The molecular weight excluding hydrogens is 264 g/mol. The molecule has 0 saturated heterocycles. The summed E-state index contributed by atoms with van der Waals surface area (Å²) in [7, 11) is 0. The van der Waals surface area contributed by atoms with E-state index in [0.717, 1.165) is 0 Å². The highest BCUT2D eigenvalue weighted by Gasteiger charge is 2.31. The Labute approximate surface area is 116 Å². The van der Waals surface area contributed by atoms with E-state index in [1.165, 1.54) is 12.1 Å². The van der Waals surface area contributed by atoms with E-state index >= 15 is 0 Å². The van der Waals surface area contributed by atoms with Crippen molar-refractivity contribution in [1.29, 1.82) is 0 Å². The van der Waals surface area contributed by atoms with Gasteiger partial charge in [-0.05, 0) is 17.4 Å². The van der Waals surface area contributed by atoms with Crippen LogP contribution in [0, 0.1) is 20.2 Å². The van der Waals surface area contributed by atoms with Crippen molar-refractivity contribution in [3.8, 4) is 5.75 Å². The van der Waals surface area contributed by atoms with Crippen LogP contribution in [0.4, 0.5) is 11.4 Å². The van der Waals surface area contributed by atoms with E-state index in [9.17, 15) is 20.2 Å². The summed E-state index contributed by atoms with van der Waals surface area (Å²) in [6, 6.07) is 2.69. The smallest absolute Gasteiger partial charge is 0.318 e. The Morgan fingerprint density at radius 2 is 1.55 bits per heavy atom. The van der Waals surface area contributed by atoms with Gasteiger partial charge in [-0.2, -0.15) is 0 Å². The fraction of sp³-hybridized carbons (Fsp3) is 0.538. The molecule has 0 radical (unpaired) electrons. The van der Waals surface area contributed by atoms with E-state index in [0.29, 0.717) is 12.0 Å². The molecule has 1 aromatic carbocycles. The Bertz CT molecular complexity index is 499. The van der Waals surface area contributed by atoms with Gasteiger partial charge in [-0.1, -0.05) is 27.7 Å². The predicted octanol–water partition coefficient (Wildman–Crippen LogP) is 3.59. The molecule has 7 heteroatoms. The third-order valence-electron chi connectivity index (χ3n) is 2.76. The monoisotopic (exact) mass is 282 g/mol. The molecule has 0 saturated carbocycles. The summed E-state index contributed by atoms with van der Waals surface area (Å²) >= 11 is 0. The van der Waals surface area contributed by atoms with E-state index < -0.39 is 15.3 Å². The van der Waals surface area contributed by atoms with Crippen LogP contribution < -0.4 is 4.74 Å². The Morgan fingerprint density at radius 3 is 1.85 bits per heavy atom. The van der Waals surface area contributed by atoms with Gasteiger partial charge >= 0.3 is 11.4 Å². The lowest BCUT2D eigenvalue weighted by atomic mass is 9.86. The van der Waals surface area contributed by atoms with Gasteiger partial charge in [-0.25, -0.2) is 0 Å². The van der Waals surface area contributed by atoms with E-state index in [1.54, 1.807) is 0 Å². The van der Waals surface area contributed by atoms with E-state index in [-0.39, 0.29) is 23.7 Å². The molecular formula is C13H18N2O5. The second kappa shape index (κ2) is 5.85. The van der Waals surface area contributed by atoms with Gasteiger partial charge in [0.05, 0.1) is 16.5 Å². The van der Waals surface area contributed by atoms with Gasteiger partial charge in [0.2, 0.25) is 0 Å². The molecule has 0 heterocycles. The van der Waals surface area contributed by atoms with E-state index in [4.69, 9.17) is 4.74 Å². The topological polar surface area (TPSA) is 95.5 Å². The van der Waals surface area contributed by atoms with Crippen molar-refractivity contribution in [1.82, 2.24) is 0 Å². The summed E-state index contributed by atoms with van der Waals surface area (Å²) in [6.07, 6.45) is 0.606. The van der Waals surface area contributed by atoms with Crippen LogP contribution in [0.15, 0.2) is 12.1 Å². The van der Waals surface area contributed by atoms with E-state index in [1.807, 2.05) is 27.7 Å². The first-order valence-corrected chi connectivity index (χ1v) is 6.28. The number of ether oxygens (including phenoxy) is 1. The first kappa shape index (κ1) is 15.9. The van der Waals surface area contributed by atoms with Crippen LogP contribution in [0.25, 0.3) is 0 Å². The maximum absolute atomic E-state index is 11.1. The Hall–Kier alpha value is -2.18. The first-order chi connectivity index (χ1) is 9.18. The van der Waals surface area contributed by atoms with Crippen molar-refractivity contribution >= 4 is 11.4 Å². The minimum Gasteiger partial charge on any atom is -0.482 e. The van der Waals surface area contributed by atoms with E-state index in [2.05, 4.69) is 0 Å². The number of nitro groups is 2. The number of nitrogens with zero attached hydrogens (tertiary/aromatic N) is 2. The molecule has 20 heavy (non-hydrogen) atoms. The van der Waals surface area contributed by atoms with Crippen molar-refractivity contribution in [2.24, 2.45) is 0 Å². The SMILES string of the molecule is CCCOc1c([N+](=O)[O-])cc(C(C)(C)C)cc1[N+](=O)[O-]. The zero-order valence-corrected chi connectivity index (χ0v) is 12.0. The van der Waals surface area contributed by atoms with Crippen LogP contribution in [0.5, 0.6) is 5.75 Å². The molecule has 0 N–H and O–H groups in total. The Kier molecular flexibility index (Phi) is 4.65. The molecule has 110 valence electrons. The van der Waals surface area contributed by atoms with Gasteiger partial charge < -0.3 is 4.74 Å². The molecule has 0 spiro atoms. The van der Waals surface area contributed by atoms with Gasteiger partial charge in [0, 0.05) is 12.1 Å². The molecule has 7 nitrogen and oxygen atoms in total. The van der Waals surface area contributed by atoms with Crippen molar-refractivity contribution in [3.63, 3.8) is 0 Å². The molecule has 0 unspecified atom stereocenters. The molecule has 0 fully saturated rings. The summed E-state index contributed by atoms with van der Waals surface area (Å²) in [6.45, 7) is 7.52. The van der Waals surface area contributed by atoms with Crippen molar-refractivity contribution in [2.75, 3.05) is 6.61 Å². The van der Waals surface area contributed by atoms with Crippen LogP contribution in [-0.4, -0.2) is 16.5 Å². The van der Waals surface area contributed by atoms with Crippen LogP contribution in [0.1, 0.15) is 39.7 Å². The predicted molar refractivity (Wildman–Crippen MR) is 74.2 cm³/mol. The third-order valence-corrected chi connectivity index (χ3v) is 2.76. The highest BCUT2D eigenvalue weighted by atomic mass is 16.6. The fourth-order valence-corrected chi connectivity index (χ4v) is 1.65. The molecule has 0 bridgehead atoms. The lowest BCUT2D eigenvalue weighted by molar-refractivity contribution is -0.396. The summed E-state index contributed by atoms with van der Waals surface area (Å²) in [4.78, 5) is 21.0. The van der Waals surface area contributed by atoms with Crippen LogP contribution in [-0.2, 0) is 5.41 Å². The highest BCUT2D eigenvalue weighted by molar-refractivity contribution is 5.62. The Balaban J connectivity index is 3.55. The molecule has 0 aromatic heterocycles. The van der Waals surface area contributed by atoms with Gasteiger partial charge in [-0.15, -0.1) is 0 Å². The zero-order valence-electron chi connectivity index (χ0n) is 12.0. The highest BCUT2D eigenvalue weighted by Crippen LogP contribution is 2.41. The Morgan fingerprint density at radius 1 is 1.10 bits per heavy atom. The van der Waals surface area contributed by atoms with Crippen molar-refractivity contribution < 1.29 is 14.6 Å². The zero-order chi connectivity index (χ0) is 15.5. The maximum Gasteiger partial charge on any atom is 0.318 e. The minimum absolute atomic E-state index is 0.191. The first-order valence-electron chi connectivity index (χ1n) is 6.28. The number of nitro benzene ring substituents is 2. The largest absolute Gasteiger partial charge is 0.482 e.